The van der Waals surface area contributed by atoms with Gasteiger partial charge in [0.15, 0.2) is 5.78 Å². The van der Waals surface area contributed by atoms with Crippen LogP contribution >= 0.6 is 15.9 Å². The number of benzene rings is 1. The van der Waals surface area contributed by atoms with Crippen molar-refractivity contribution in [2.45, 2.75) is 30.5 Å². The molecule has 0 amide bonds. The van der Waals surface area contributed by atoms with E-state index in [1.54, 1.807) is 0 Å². The Bertz CT molecular complexity index is 356. The van der Waals surface area contributed by atoms with Crippen LogP contribution in [0, 0.1) is 5.92 Å². The first kappa shape index (κ1) is 10.9. The highest BCUT2D eigenvalue weighted by atomic mass is 79.9. The summed E-state index contributed by atoms with van der Waals surface area (Å²) in [6.45, 7) is 1.99. The van der Waals surface area contributed by atoms with Crippen LogP contribution in [0.15, 0.2) is 30.3 Å². The van der Waals surface area contributed by atoms with Gasteiger partial charge in [-0.15, -0.1) is 0 Å². The first-order valence-electron chi connectivity index (χ1n) is 5.37. The third-order valence-corrected chi connectivity index (χ3v) is 3.96. The van der Waals surface area contributed by atoms with E-state index in [2.05, 4.69) is 28.1 Å². The highest BCUT2D eigenvalue weighted by Gasteiger charge is 2.41. The van der Waals surface area contributed by atoms with Crippen molar-refractivity contribution in [2.24, 2.45) is 5.92 Å². The van der Waals surface area contributed by atoms with Gasteiger partial charge in [0.1, 0.15) is 0 Å². The summed E-state index contributed by atoms with van der Waals surface area (Å²) in [6, 6.07) is 10.3. The SMILES string of the molecule is CC1(Br)CCC(Cc2ccccc2)C1=O. The molecule has 2 rings (SSSR count). The van der Waals surface area contributed by atoms with Gasteiger partial charge >= 0.3 is 0 Å². The number of carbonyl (C=O) groups excluding carboxylic acids is 1. The standard InChI is InChI=1S/C13H15BrO/c1-13(14)8-7-11(12(13)15)9-10-5-3-2-4-6-10/h2-6,11H,7-9H2,1H3. The lowest BCUT2D eigenvalue weighted by atomic mass is 9.96. The lowest BCUT2D eigenvalue weighted by Crippen LogP contribution is -2.26. The molecule has 2 heteroatoms. The molecule has 1 aliphatic carbocycles. The Labute approximate surface area is 99.0 Å². The van der Waals surface area contributed by atoms with Gasteiger partial charge in [-0.25, -0.2) is 0 Å². The molecule has 0 heterocycles. The molecule has 0 saturated heterocycles. The summed E-state index contributed by atoms with van der Waals surface area (Å²) in [5.74, 6) is 0.572. The first-order valence-corrected chi connectivity index (χ1v) is 6.16. The number of halogens is 1. The third kappa shape index (κ3) is 2.31. The summed E-state index contributed by atoms with van der Waals surface area (Å²) in [4.78, 5) is 12.0. The fourth-order valence-corrected chi connectivity index (χ4v) is 2.77. The maximum Gasteiger partial charge on any atom is 0.152 e. The van der Waals surface area contributed by atoms with Gasteiger partial charge in [0.2, 0.25) is 0 Å². The van der Waals surface area contributed by atoms with E-state index in [9.17, 15) is 4.79 Å². The van der Waals surface area contributed by atoms with Crippen molar-refractivity contribution in [3.8, 4) is 0 Å². The highest BCUT2D eigenvalue weighted by Crippen LogP contribution is 2.38. The summed E-state index contributed by atoms with van der Waals surface area (Å²) in [6.07, 6.45) is 2.86. The molecule has 1 aromatic rings. The normalized spacial score (nSPS) is 30.8. The average molecular weight is 267 g/mol. The van der Waals surface area contributed by atoms with Crippen molar-refractivity contribution < 1.29 is 4.79 Å². The van der Waals surface area contributed by atoms with E-state index < -0.39 is 0 Å². The topological polar surface area (TPSA) is 17.1 Å². The van der Waals surface area contributed by atoms with E-state index in [0.29, 0.717) is 5.78 Å². The number of Topliss-reactive ketones (excluding diaryl/α,β-unsaturated/α-hetero) is 1. The van der Waals surface area contributed by atoms with Crippen LogP contribution in [0.5, 0.6) is 0 Å². The van der Waals surface area contributed by atoms with Crippen LogP contribution in [0.25, 0.3) is 0 Å². The fraction of sp³-hybridized carbons (Fsp3) is 0.462. The second kappa shape index (κ2) is 4.09. The summed E-state index contributed by atoms with van der Waals surface area (Å²) in [7, 11) is 0. The quantitative estimate of drug-likeness (QED) is 0.751. The maximum atomic E-state index is 12.0. The van der Waals surface area contributed by atoms with Gasteiger partial charge < -0.3 is 0 Å². The zero-order valence-electron chi connectivity index (χ0n) is 8.87. The van der Waals surface area contributed by atoms with Gasteiger partial charge in [-0.3, -0.25) is 4.79 Å². The Morgan fingerprint density at radius 3 is 2.60 bits per heavy atom. The lowest BCUT2D eigenvalue weighted by molar-refractivity contribution is -0.122. The molecule has 0 spiro atoms. The highest BCUT2D eigenvalue weighted by molar-refractivity contribution is 9.10. The largest absolute Gasteiger partial charge is 0.298 e. The van der Waals surface area contributed by atoms with Gasteiger partial charge in [0.05, 0.1) is 4.32 Å². The summed E-state index contributed by atoms with van der Waals surface area (Å²) < 4.78 is -0.271. The Morgan fingerprint density at radius 1 is 1.40 bits per heavy atom. The smallest absolute Gasteiger partial charge is 0.152 e. The van der Waals surface area contributed by atoms with Crippen molar-refractivity contribution in [3.63, 3.8) is 0 Å². The molecule has 1 aliphatic rings. The predicted molar refractivity (Wildman–Crippen MR) is 65.2 cm³/mol. The van der Waals surface area contributed by atoms with E-state index in [-0.39, 0.29) is 10.2 Å². The Hall–Kier alpha value is -0.630. The van der Waals surface area contributed by atoms with Gasteiger partial charge in [-0.05, 0) is 31.7 Å². The van der Waals surface area contributed by atoms with E-state index in [4.69, 9.17) is 0 Å². The molecule has 2 atom stereocenters. The predicted octanol–water partition coefficient (Wildman–Crippen LogP) is 3.36. The number of carbonyl (C=O) groups is 1. The minimum absolute atomic E-state index is 0.205. The van der Waals surface area contributed by atoms with Crippen molar-refractivity contribution in [2.75, 3.05) is 0 Å². The van der Waals surface area contributed by atoms with Crippen molar-refractivity contribution in [3.05, 3.63) is 35.9 Å². The summed E-state index contributed by atoms with van der Waals surface area (Å²) in [5, 5.41) is 0. The minimum Gasteiger partial charge on any atom is -0.298 e. The molecule has 0 aromatic heterocycles. The lowest BCUT2D eigenvalue weighted by Gasteiger charge is -2.13. The molecule has 15 heavy (non-hydrogen) atoms. The number of hydrogen-bond donors (Lipinski definition) is 0. The molecular weight excluding hydrogens is 252 g/mol. The average Bonchev–Trinajstić information content (AvgIpc) is 2.47. The van der Waals surface area contributed by atoms with E-state index >= 15 is 0 Å². The molecule has 80 valence electrons. The molecule has 1 fully saturated rings. The first-order chi connectivity index (χ1) is 7.09. The molecule has 0 bridgehead atoms. The van der Waals surface area contributed by atoms with Gasteiger partial charge in [-0.2, -0.15) is 0 Å². The van der Waals surface area contributed by atoms with Crippen LogP contribution in [-0.2, 0) is 11.2 Å². The van der Waals surface area contributed by atoms with Crippen LogP contribution < -0.4 is 0 Å². The number of ketones is 1. The molecule has 1 aromatic carbocycles. The van der Waals surface area contributed by atoms with Crippen LogP contribution in [0.3, 0.4) is 0 Å². The van der Waals surface area contributed by atoms with E-state index in [1.807, 2.05) is 25.1 Å². The van der Waals surface area contributed by atoms with Crippen LogP contribution in [-0.4, -0.2) is 10.1 Å². The monoisotopic (exact) mass is 266 g/mol. The Morgan fingerprint density at radius 2 is 2.07 bits per heavy atom. The minimum atomic E-state index is -0.271. The van der Waals surface area contributed by atoms with Gasteiger partial charge in [0, 0.05) is 5.92 Å². The Balaban J connectivity index is 2.06. The summed E-state index contributed by atoms with van der Waals surface area (Å²) >= 11 is 3.51. The van der Waals surface area contributed by atoms with Crippen LogP contribution in [0.4, 0.5) is 0 Å². The van der Waals surface area contributed by atoms with Crippen molar-refractivity contribution in [1.82, 2.24) is 0 Å². The number of alkyl halides is 1. The van der Waals surface area contributed by atoms with Crippen molar-refractivity contribution in [1.29, 1.82) is 0 Å². The molecule has 0 radical (unpaired) electrons. The molecule has 0 N–H and O–H groups in total. The second-order valence-corrected chi connectivity index (χ2v) is 6.24. The van der Waals surface area contributed by atoms with Crippen LogP contribution in [0.2, 0.25) is 0 Å². The molecule has 1 nitrogen and oxygen atoms in total. The zero-order valence-corrected chi connectivity index (χ0v) is 10.5. The molecule has 2 unspecified atom stereocenters. The van der Waals surface area contributed by atoms with Gasteiger partial charge in [-0.1, -0.05) is 46.3 Å². The third-order valence-electron chi connectivity index (χ3n) is 3.17. The molecular formula is C13H15BrO. The van der Waals surface area contributed by atoms with Gasteiger partial charge in [0.25, 0.3) is 0 Å². The number of rotatable bonds is 2. The number of hydrogen-bond acceptors (Lipinski definition) is 1. The summed E-state index contributed by atoms with van der Waals surface area (Å²) in [5.41, 5.74) is 1.26. The fourth-order valence-electron chi connectivity index (χ4n) is 2.22. The molecule has 0 aliphatic heterocycles. The van der Waals surface area contributed by atoms with E-state index in [0.717, 1.165) is 19.3 Å². The zero-order chi connectivity index (χ0) is 10.9. The van der Waals surface area contributed by atoms with E-state index in [1.165, 1.54) is 5.56 Å². The maximum absolute atomic E-state index is 12.0. The van der Waals surface area contributed by atoms with Crippen molar-refractivity contribution >= 4 is 21.7 Å². The van der Waals surface area contributed by atoms with Crippen LogP contribution in [0.1, 0.15) is 25.3 Å². The Kier molecular flexibility index (Phi) is 2.96. The molecule has 1 saturated carbocycles. The second-order valence-electron chi connectivity index (χ2n) is 4.49.